The molecule has 2 aromatic carbocycles. The maximum absolute atomic E-state index is 13.4. The number of carbonyl (C=O) groups excluding carboxylic acids is 2. The van der Waals surface area contributed by atoms with Crippen LogP contribution >= 0.6 is 11.3 Å². The number of aryl methyl sites for hydroxylation is 2. The number of nitrogens with zero attached hydrogens (tertiary/aromatic N) is 2. The minimum Gasteiger partial charge on any atom is -0.493 e. The maximum Gasteiger partial charge on any atom is 0.350 e. The predicted molar refractivity (Wildman–Crippen MR) is 128 cm³/mol. The lowest BCUT2D eigenvalue weighted by atomic mass is 10.1. The second-order valence-corrected chi connectivity index (χ2v) is 8.40. The molecule has 0 aliphatic carbocycles. The Kier molecular flexibility index (Phi) is 8.59. The van der Waals surface area contributed by atoms with Crippen molar-refractivity contribution in [3.8, 4) is 11.5 Å². The number of methoxy groups -OCH3 is 2. The zero-order chi connectivity index (χ0) is 24.7. The summed E-state index contributed by atoms with van der Waals surface area (Å²) in [6.07, 6.45) is 0.665. The zero-order valence-corrected chi connectivity index (χ0v) is 20.4. The van der Waals surface area contributed by atoms with Crippen LogP contribution in [0.2, 0.25) is 0 Å². The van der Waals surface area contributed by atoms with Crippen LogP contribution in [0.4, 0.5) is 9.52 Å². The van der Waals surface area contributed by atoms with Gasteiger partial charge in [-0.15, -0.1) is 0 Å². The van der Waals surface area contributed by atoms with Crippen LogP contribution in [-0.2, 0) is 22.5 Å². The van der Waals surface area contributed by atoms with Gasteiger partial charge in [0.15, 0.2) is 16.6 Å². The van der Waals surface area contributed by atoms with E-state index in [9.17, 15) is 14.0 Å². The van der Waals surface area contributed by atoms with E-state index < -0.39 is 5.97 Å². The molecular weight excluding hydrogens is 459 g/mol. The quantitative estimate of drug-likeness (QED) is 0.378. The summed E-state index contributed by atoms with van der Waals surface area (Å²) in [5, 5.41) is 0.391. The Bertz CT molecular complexity index is 1150. The van der Waals surface area contributed by atoms with Crippen molar-refractivity contribution in [3.05, 3.63) is 70.0 Å². The van der Waals surface area contributed by atoms with Crippen molar-refractivity contribution >= 4 is 28.3 Å². The van der Waals surface area contributed by atoms with Gasteiger partial charge in [0.1, 0.15) is 10.7 Å². The summed E-state index contributed by atoms with van der Waals surface area (Å²) in [5.41, 5.74) is 2.15. The number of amides is 1. The topological polar surface area (TPSA) is 78.0 Å². The molecular formula is C25H27FN2O5S. The highest BCUT2D eigenvalue weighted by Gasteiger charge is 2.24. The Morgan fingerprint density at radius 1 is 1.03 bits per heavy atom. The lowest BCUT2D eigenvalue weighted by Crippen LogP contribution is -2.30. The number of hydrogen-bond acceptors (Lipinski definition) is 7. The highest BCUT2D eigenvalue weighted by molar-refractivity contribution is 7.17. The van der Waals surface area contributed by atoms with Crippen molar-refractivity contribution in [2.75, 3.05) is 25.7 Å². The second-order valence-electron chi connectivity index (χ2n) is 7.43. The normalized spacial score (nSPS) is 10.6. The van der Waals surface area contributed by atoms with E-state index in [0.29, 0.717) is 33.6 Å². The van der Waals surface area contributed by atoms with Gasteiger partial charge in [-0.05, 0) is 55.7 Å². The Morgan fingerprint density at radius 2 is 1.71 bits per heavy atom. The average Bonchev–Trinajstić information content (AvgIpc) is 3.23. The lowest BCUT2D eigenvalue weighted by molar-refractivity contribution is -0.118. The monoisotopic (exact) mass is 486 g/mol. The maximum atomic E-state index is 13.4. The van der Waals surface area contributed by atoms with Crippen LogP contribution in [0.3, 0.4) is 0 Å². The van der Waals surface area contributed by atoms with Crippen LogP contribution in [0.5, 0.6) is 11.5 Å². The summed E-state index contributed by atoms with van der Waals surface area (Å²) in [6.45, 7) is 3.87. The van der Waals surface area contributed by atoms with Gasteiger partial charge in [-0.3, -0.25) is 9.69 Å². The number of benzene rings is 2. The molecule has 0 atom stereocenters. The molecule has 3 aromatic rings. The SMILES string of the molecule is CCOC(=O)c1sc(N(Cc2ccc(F)cc2)C(=O)CCc2ccc(OC)c(OC)c2)nc1C. The first kappa shape index (κ1) is 25.2. The van der Waals surface area contributed by atoms with Gasteiger partial charge in [-0.25, -0.2) is 14.2 Å². The number of aromatic nitrogens is 1. The van der Waals surface area contributed by atoms with E-state index in [1.165, 1.54) is 17.0 Å². The molecule has 0 unspecified atom stereocenters. The number of thiazole rings is 1. The van der Waals surface area contributed by atoms with E-state index in [1.807, 2.05) is 12.1 Å². The molecule has 3 rings (SSSR count). The number of rotatable bonds is 10. The molecule has 1 aromatic heterocycles. The molecule has 0 spiro atoms. The Morgan fingerprint density at radius 3 is 2.35 bits per heavy atom. The number of halogens is 1. The molecule has 9 heteroatoms. The van der Waals surface area contributed by atoms with Crippen LogP contribution in [0, 0.1) is 12.7 Å². The van der Waals surface area contributed by atoms with E-state index in [0.717, 1.165) is 22.5 Å². The van der Waals surface area contributed by atoms with Crippen LogP contribution in [0.1, 0.15) is 39.8 Å². The third-order valence-electron chi connectivity index (χ3n) is 5.11. The van der Waals surface area contributed by atoms with E-state index >= 15 is 0 Å². The van der Waals surface area contributed by atoms with Gasteiger partial charge in [-0.2, -0.15) is 0 Å². The molecule has 0 fully saturated rings. The van der Waals surface area contributed by atoms with Crippen molar-refractivity contribution < 1.29 is 28.2 Å². The number of esters is 1. The number of ether oxygens (including phenoxy) is 3. The smallest absolute Gasteiger partial charge is 0.350 e. The van der Waals surface area contributed by atoms with Gasteiger partial charge >= 0.3 is 5.97 Å². The van der Waals surface area contributed by atoms with Gasteiger partial charge in [0.05, 0.1) is 33.1 Å². The molecule has 0 saturated heterocycles. The summed E-state index contributed by atoms with van der Waals surface area (Å²) in [6, 6.07) is 11.4. The fraction of sp³-hybridized carbons (Fsp3) is 0.320. The number of carbonyl (C=O) groups is 2. The van der Waals surface area contributed by atoms with Gasteiger partial charge in [0, 0.05) is 6.42 Å². The van der Waals surface area contributed by atoms with Gasteiger partial charge in [0.2, 0.25) is 5.91 Å². The minimum absolute atomic E-state index is 0.178. The van der Waals surface area contributed by atoms with Gasteiger partial charge in [0.25, 0.3) is 0 Å². The van der Waals surface area contributed by atoms with E-state index in [4.69, 9.17) is 14.2 Å². The van der Waals surface area contributed by atoms with Crippen molar-refractivity contribution in [1.82, 2.24) is 4.98 Å². The van der Waals surface area contributed by atoms with Crippen molar-refractivity contribution in [1.29, 1.82) is 0 Å². The van der Waals surface area contributed by atoms with Crippen molar-refractivity contribution in [2.45, 2.75) is 33.2 Å². The third kappa shape index (κ3) is 6.11. The Balaban J connectivity index is 1.84. The molecule has 0 radical (unpaired) electrons. The molecule has 0 aliphatic heterocycles. The van der Waals surface area contributed by atoms with Gasteiger partial charge in [-0.1, -0.05) is 29.5 Å². The average molecular weight is 487 g/mol. The lowest BCUT2D eigenvalue weighted by Gasteiger charge is -2.20. The largest absolute Gasteiger partial charge is 0.493 e. The first-order valence-corrected chi connectivity index (χ1v) is 11.6. The fourth-order valence-electron chi connectivity index (χ4n) is 3.34. The number of hydrogen-bond donors (Lipinski definition) is 0. The predicted octanol–water partition coefficient (Wildman–Crippen LogP) is 4.95. The van der Waals surface area contributed by atoms with E-state index in [1.54, 1.807) is 46.3 Å². The first-order chi connectivity index (χ1) is 16.4. The molecule has 7 nitrogen and oxygen atoms in total. The van der Waals surface area contributed by atoms with E-state index in [2.05, 4.69) is 4.98 Å². The zero-order valence-electron chi connectivity index (χ0n) is 19.6. The third-order valence-corrected chi connectivity index (χ3v) is 6.27. The van der Waals surface area contributed by atoms with E-state index in [-0.39, 0.29) is 31.3 Å². The molecule has 1 heterocycles. The van der Waals surface area contributed by atoms with Crippen LogP contribution in [0.25, 0.3) is 0 Å². The summed E-state index contributed by atoms with van der Waals surface area (Å²) in [7, 11) is 3.12. The Labute approximate surface area is 202 Å². The first-order valence-electron chi connectivity index (χ1n) is 10.8. The highest BCUT2D eigenvalue weighted by atomic mass is 32.1. The molecule has 0 bridgehead atoms. The molecule has 1 amide bonds. The van der Waals surface area contributed by atoms with Crippen LogP contribution < -0.4 is 14.4 Å². The molecule has 34 heavy (non-hydrogen) atoms. The summed E-state index contributed by atoms with van der Waals surface area (Å²) in [5.74, 6) is 0.196. The van der Waals surface area contributed by atoms with Crippen molar-refractivity contribution in [2.24, 2.45) is 0 Å². The van der Waals surface area contributed by atoms with Gasteiger partial charge < -0.3 is 14.2 Å². The molecule has 0 aliphatic rings. The summed E-state index contributed by atoms with van der Waals surface area (Å²) < 4.78 is 29.1. The standard InChI is InChI=1S/C25H27FN2O5S/c1-5-33-24(30)23-16(2)27-25(34-23)28(15-18-6-10-19(26)11-7-18)22(29)13-9-17-8-12-20(31-3)21(14-17)32-4/h6-8,10-12,14H,5,9,13,15H2,1-4H3. The molecule has 0 N–H and O–H groups in total. The minimum atomic E-state index is -0.469. The van der Waals surface area contributed by atoms with Crippen LogP contribution in [0.15, 0.2) is 42.5 Å². The highest BCUT2D eigenvalue weighted by Crippen LogP contribution is 2.30. The Hall–Kier alpha value is -3.46. The van der Waals surface area contributed by atoms with Crippen molar-refractivity contribution in [3.63, 3.8) is 0 Å². The summed E-state index contributed by atoms with van der Waals surface area (Å²) in [4.78, 5) is 31.9. The van der Waals surface area contributed by atoms with Crippen LogP contribution in [-0.4, -0.2) is 37.7 Å². The molecule has 180 valence electrons. The fourth-order valence-corrected chi connectivity index (χ4v) is 4.32. The second kappa shape index (κ2) is 11.6. The molecule has 0 saturated carbocycles. The number of anilines is 1. The summed E-state index contributed by atoms with van der Waals surface area (Å²) >= 11 is 1.11.